The lowest BCUT2D eigenvalue weighted by molar-refractivity contribution is -0.136. The molecule has 0 amide bonds. The summed E-state index contributed by atoms with van der Waals surface area (Å²) in [5.74, 6) is 0.237. The molecule has 23 heavy (non-hydrogen) atoms. The molecule has 116 valence electrons. The third kappa shape index (κ3) is 3.51. The van der Waals surface area contributed by atoms with Crippen LogP contribution in [0.25, 0.3) is 6.08 Å². The fraction of sp³-hybridized carbons (Fsp3) is 0.150. The molecular formula is C20H18O3. The van der Waals surface area contributed by atoms with Crippen LogP contribution in [0.2, 0.25) is 0 Å². The van der Waals surface area contributed by atoms with Crippen molar-refractivity contribution in [3.63, 3.8) is 0 Å². The summed E-state index contributed by atoms with van der Waals surface area (Å²) in [6.45, 7) is 0.420. The van der Waals surface area contributed by atoms with Crippen LogP contribution in [0.15, 0.2) is 78.1 Å². The molecule has 3 rings (SSSR count). The molecule has 0 radical (unpaired) electrons. The standard InChI is InChI=1S/C20H18O3/c1-22-20(21)18-13-17(12-15-8-4-2-5-9-15)23-14-19(18)16-10-6-3-7-11-16/h2-13,19H,14H2,1H3. The molecule has 0 bridgehead atoms. The fourth-order valence-electron chi connectivity index (χ4n) is 2.64. The number of carbonyl (C=O) groups excluding carboxylic acids is 1. The average Bonchev–Trinajstić information content (AvgIpc) is 2.62. The van der Waals surface area contributed by atoms with E-state index in [0.29, 0.717) is 17.9 Å². The summed E-state index contributed by atoms with van der Waals surface area (Å²) in [6, 6.07) is 19.7. The number of ether oxygens (including phenoxy) is 2. The van der Waals surface area contributed by atoms with Crippen LogP contribution in [-0.4, -0.2) is 19.7 Å². The van der Waals surface area contributed by atoms with Gasteiger partial charge >= 0.3 is 5.97 Å². The first-order valence-electron chi connectivity index (χ1n) is 7.52. The van der Waals surface area contributed by atoms with E-state index in [9.17, 15) is 4.79 Å². The highest BCUT2D eigenvalue weighted by molar-refractivity contribution is 5.91. The summed E-state index contributed by atoms with van der Waals surface area (Å²) in [5.41, 5.74) is 2.69. The average molecular weight is 306 g/mol. The van der Waals surface area contributed by atoms with Gasteiger partial charge in [0.15, 0.2) is 0 Å². The van der Waals surface area contributed by atoms with Crippen molar-refractivity contribution in [2.45, 2.75) is 5.92 Å². The molecule has 0 saturated heterocycles. The molecule has 0 fully saturated rings. The van der Waals surface area contributed by atoms with Gasteiger partial charge in [0, 0.05) is 0 Å². The van der Waals surface area contributed by atoms with Crippen LogP contribution in [0.5, 0.6) is 0 Å². The number of hydrogen-bond donors (Lipinski definition) is 0. The first-order valence-corrected chi connectivity index (χ1v) is 7.52. The largest absolute Gasteiger partial charge is 0.493 e. The van der Waals surface area contributed by atoms with Crippen molar-refractivity contribution in [3.8, 4) is 0 Å². The van der Waals surface area contributed by atoms with Gasteiger partial charge in [-0.05, 0) is 23.3 Å². The second-order valence-electron chi connectivity index (χ2n) is 5.32. The second-order valence-corrected chi connectivity index (χ2v) is 5.32. The van der Waals surface area contributed by atoms with Crippen molar-refractivity contribution < 1.29 is 14.3 Å². The van der Waals surface area contributed by atoms with Gasteiger partial charge in [0.05, 0.1) is 25.2 Å². The number of carbonyl (C=O) groups is 1. The van der Waals surface area contributed by atoms with Crippen LogP contribution in [-0.2, 0) is 14.3 Å². The Morgan fingerprint density at radius 1 is 1.09 bits per heavy atom. The Bertz CT molecular complexity index is 730. The Morgan fingerprint density at radius 2 is 1.74 bits per heavy atom. The van der Waals surface area contributed by atoms with E-state index in [2.05, 4.69) is 0 Å². The Labute approximate surface area is 135 Å². The van der Waals surface area contributed by atoms with E-state index < -0.39 is 0 Å². The number of benzene rings is 2. The fourth-order valence-corrected chi connectivity index (χ4v) is 2.64. The number of rotatable bonds is 3. The number of hydrogen-bond acceptors (Lipinski definition) is 3. The van der Waals surface area contributed by atoms with Crippen LogP contribution in [0, 0.1) is 0 Å². The Hall–Kier alpha value is -2.81. The van der Waals surface area contributed by atoms with Gasteiger partial charge in [0.1, 0.15) is 5.76 Å². The minimum Gasteiger partial charge on any atom is -0.493 e. The minimum absolute atomic E-state index is 0.114. The summed E-state index contributed by atoms with van der Waals surface area (Å²) >= 11 is 0. The molecular weight excluding hydrogens is 288 g/mol. The molecule has 1 atom stereocenters. The van der Waals surface area contributed by atoms with Gasteiger partial charge in [-0.15, -0.1) is 0 Å². The van der Waals surface area contributed by atoms with Crippen molar-refractivity contribution in [2.75, 3.05) is 13.7 Å². The van der Waals surface area contributed by atoms with Gasteiger partial charge < -0.3 is 9.47 Å². The highest BCUT2D eigenvalue weighted by Gasteiger charge is 2.28. The predicted octanol–water partition coefficient (Wildman–Crippen LogP) is 3.94. The highest BCUT2D eigenvalue weighted by Crippen LogP contribution is 2.32. The van der Waals surface area contributed by atoms with Crippen molar-refractivity contribution >= 4 is 12.0 Å². The molecule has 1 aliphatic rings. The van der Waals surface area contributed by atoms with Gasteiger partial charge in [-0.3, -0.25) is 0 Å². The van der Waals surface area contributed by atoms with Crippen LogP contribution in [0.4, 0.5) is 0 Å². The van der Waals surface area contributed by atoms with Crippen molar-refractivity contribution in [3.05, 3.63) is 89.2 Å². The normalized spacial score (nSPS) is 18.9. The Morgan fingerprint density at radius 3 is 2.39 bits per heavy atom. The SMILES string of the molecule is COC(=O)C1=CC(=Cc2ccccc2)OCC1c1ccccc1. The number of esters is 1. The molecule has 0 aliphatic carbocycles. The molecule has 2 aromatic carbocycles. The van der Waals surface area contributed by atoms with Gasteiger partial charge in [-0.2, -0.15) is 0 Å². The monoisotopic (exact) mass is 306 g/mol. The van der Waals surface area contributed by atoms with Crippen LogP contribution in [0.1, 0.15) is 17.0 Å². The van der Waals surface area contributed by atoms with Crippen LogP contribution in [0.3, 0.4) is 0 Å². The molecule has 3 heteroatoms. The molecule has 0 aromatic heterocycles. The summed E-state index contributed by atoms with van der Waals surface area (Å²) in [6.07, 6.45) is 3.70. The maximum Gasteiger partial charge on any atom is 0.334 e. The zero-order valence-electron chi connectivity index (χ0n) is 12.9. The summed E-state index contributed by atoms with van der Waals surface area (Å²) in [4.78, 5) is 12.2. The first kappa shape index (κ1) is 15.1. The zero-order chi connectivity index (χ0) is 16.1. The van der Waals surface area contributed by atoms with E-state index in [1.807, 2.05) is 66.7 Å². The van der Waals surface area contributed by atoms with Gasteiger partial charge in [-0.1, -0.05) is 60.7 Å². The predicted molar refractivity (Wildman–Crippen MR) is 89.7 cm³/mol. The minimum atomic E-state index is -0.318. The lowest BCUT2D eigenvalue weighted by Crippen LogP contribution is -2.21. The lowest BCUT2D eigenvalue weighted by Gasteiger charge is -2.25. The molecule has 1 heterocycles. The van der Waals surface area contributed by atoms with Gasteiger partial charge in [0.2, 0.25) is 0 Å². The maximum absolute atomic E-state index is 12.2. The quantitative estimate of drug-likeness (QED) is 0.806. The molecule has 2 aromatic rings. The van der Waals surface area contributed by atoms with E-state index in [1.165, 1.54) is 7.11 Å². The van der Waals surface area contributed by atoms with E-state index in [4.69, 9.17) is 9.47 Å². The lowest BCUT2D eigenvalue weighted by atomic mass is 9.89. The number of allylic oxidation sites excluding steroid dienone is 1. The van der Waals surface area contributed by atoms with Crippen molar-refractivity contribution in [1.82, 2.24) is 0 Å². The second kappa shape index (κ2) is 6.97. The molecule has 1 aliphatic heterocycles. The molecule has 3 nitrogen and oxygen atoms in total. The zero-order valence-corrected chi connectivity index (χ0v) is 12.9. The molecule has 0 N–H and O–H groups in total. The van der Waals surface area contributed by atoms with E-state index in [1.54, 1.807) is 6.08 Å². The van der Waals surface area contributed by atoms with Crippen LogP contribution < -0.4 is 0 Å². The highest BCUT2D eigenvalue weighted by atomic mass is 16.5. The van der Waals surface area contributed by atoms with E-state index >= 15 is 0 Å². The summed E-state index contributed by atoms with van der Waals surface area (Å²) in [7, 11) is 1.40. The van der Waals surface area contributed by atoms with E-state index in [0.717, 1.165) is 11.1 Å². The molecule has 0 spiro atoms. The van der Waals surface area contributed by atoms with Gasteiger partial charge in [-0.25, -0.2) is 4.79 Å². The Kier molecular flexibility index (Phi) is 4.57. The summed E-state index contributed by atoms with van der Waals surface area (Å²) < 4.78 is 10.8. The van der Waals surface area contributed by atoms with Gasteiger partial charge in [0.25, 0.3) is 0 Å². The Balaban J connectivity index is 1.96. The maximum atomic E-state index is 12.2. The van der Waals surface area contributed by atoms with E-state index in [-0.39, 0.29) is 11.9 Å². The van der Waals surface area contributed by atoms with Crippen LogP contribution >= 0.6 is 0 Å². The first-order chi connectivity index (χ1) is 11.3. The smallest absolute Gasteiger partial charge is 0.334 e. The molecule has 0 saturated carbocycles. The summed E-state index contributed by atoms with van der Waals surface area (Å²) in [5, 5.41) is 0. The number of methoxy groups -OCH3 is 1. The van der Waals surface area contributed by atoms with Crippen molar-refractivity contribution in [2.24, 2.45) is 0 Å². The molecule has 1 unspecified atom stereocenters. The van der Waals surface area contributed by atoms with Crippen molar-refractivity contribution in [1.29, 1.82) is 0 Å². The third-order valence-electron chi connectivity index (χ3n) is 3.82. The third-order valence-corrected chi connectivity index (χ3v) is 3.82. The topological polar surface area (TPSA) is 35.5 Å².